The summed E-state index contributed by atoms with van der Waals surface area (Å²) in [5.41, 5.74) is 5.38. The van der Waals surface area contributed by atoms with Crippen LogP contribution >= 0.6 is 0 Å². The molecule has 5 heteroatoms. The van der Waals surface area contributed by atoms with Crippen molar-refractivity contribution in [1.82, 2.24) is 20.3 Å². The zero-order valence-electron chi connectivity index (χ0n) is 14.9. The normalized spacial score (nSPS) is 10.7. The molecule has 1 aromatic carbocycles. The molecule has 0 aliphatic carbocycles. The third kappa shape index (κ3) is 3.67. The molecule has 1 amide bonds. The summed E-state index contributed by atoms with van der Waals surface area (Å²) in [4.78, 5) is 25.4. The van der Waals surface area contributed by atoms with E-state index in [0.717, 1.165) is 33.3 Å². The first-order valence-electron chi connectivity index (χ1n) is 8.69. The van der Waals surface area contributed by atoms with Gasteiger partial charge in [-0.1, -0.05) is 0 Å². The summed E-state index contributed by atoms with van der Waals surface area (Å²) in [6.45, 7) is 2.45. The maximum atomic E-state index is 12.6. The summed E-state index contributed by atoms with van der Waals surface area (Å²) in [7, 11) is 0. The van der Waals surface area contributed by atoms with Crippen molar-refractivity contribution in [3.05, 3.63) is 90.0 Å². The minimum Gasteiger partial charge on any atom is -0.348 e. The quantitative estimate of drug-likeness (QED) is 0.603. The Kier molecular flexibility index (Phi) is 4.58. The maximum Gasteiger partial charge on any atom is 0.251 e. The average molecular weight is 354 g/mol. The Bertz CT molecular complexity index is 1110. The van der Waals surface area contributed by atoms with Gasteiger partial charge in [0.05, 0.1) is 11.2 Å². The number of benzene rings is 1. The van der Waals surface area contributed by atoms with Crippen LogP contribution in [0.15, 0.2) is 73.3 Å². The lowest BCUT2D eigenvalue weighted by Crippen LogP contribution is -2.22. The Hall–Kier alpha value is -3.60. The van der Waals surface area contributed by atoms with Gasteiger partial charge >= 0.3 is 0 Å². The van der Waals surface area contributed by atoms with Crippen molar-refractivity contribution in [2.24, 2.45) is 0 Å². The highest BCUT2D eigenvalue weighted by molar-refractivity contribution is 5.98. The first kappa shape index (κ1) is 16.8. The van der Waals surface area contributed by atoms with Gasteiger partial charge in [-0.25, -0.2) is 0 Å². The van der Waals surface area contributed by atoms with E-state index in [-0.39, 0.29) is 5.91 Å². The summed E-state index contributed by atoms with van der Waals surface area (Å²) in [6, 6.07) is 15.2. The van der Waals surface area contributed by atoms with Crippen molar-refractivity contribution in [3.8, 4) is 11.3 Å². The molecule has 0 aliphatic rings. The summed E-state index contributed by atoms with van der Waals surface area (Å²) in [5, 5.41) is 3.97. The van der Waals surface area contributed by atoms with Crippen molar-refractivity contribution in [2.45, 2.75) is 13.5 Å². The minimum absolute atomic E-state index is 0.111. The van der Waals surface area contributed by atoms with Crippen LogP contribution in [0, 0.1) is 6.92 Å². The van der Waals surface area contributed by atoms with Crippen LogP contribution in [-0.2, 0) is 6.54 Å². The first-order chi connectivity index (χ1) is 13.2. The predicted octanol–water partition coefficient (Wildman–Crippen LogP) is 3.93. The van der Waals surface area contributed by atoms with Crippen molar-refractivity contribution in [2.75, 3.05) is 0 Å². The fourth-order valence-corrected chi connectivity index (χ4v) is 2.97. The van der Waals surface area contributed by atoms with E-state index in [1.807, 2.05) is 49.4 Å². The number of nitrogens with one attached hydrogen (secondary N) is 1. The smallest absolute Gasteiger partial charge is 0.251 e. The molecule has 0 unspecified atom stereocenters. The zero-order chi connectivity index (χ0) is 18.6. The molecule has 5 nitrogen and oxygen atoms in total. The molecule has 132 valence electrons. The highest BCUT2D eigenvalue weighted by Gasteiger charge is 2.08. The van der Waals surface area contributed by atoms with E-state index in [1.165, 1.54) is 0 Å². The lowest BCUT2D eigenvalue weighted by molar-refractivity contribution is 0.0951. The molecule has 3 heterocycles. The number of nitrogens with zero attached hydrogens (tertiary/aromatic N) is 3. The summed E-state index contributed by atoms with van der Waals surface area (Å²) in [5.74, 6) is -0.111. The largest absolute Gasteiger partial charge is 0.348 e. The van der Waals surface area contributed by atoms with Crippen LogP contribution in [0.4, 0.5) is 0 Å². The van der Waals surface area contributed by atoms with E-state index in [2.05, 4.69) is 20.3 Å². The maximum absolute atomic E-state index is 12.6. The Balaban J connectivity index is 1.51. The van der Waals surface area contributed by atoms with Gasteiger partial charge in [-0.2, -0.15) is 0 Å². The molecule has 27 heavy (non-hydrogen) atoms. The van der Waals surface area contributed by atoms with Gasteiger partial charge in [0.15, 0.2) is 0 Å². The fourth-order valence-electron chi connectivity index (χ4n) is 2.97. The van der Waals surface area contributed by atoms with Gasteiger partial charge in [-0.3, -0.25) is 19.7 Å². The van der Waals surface area contributed by atoms with Crippen molar-refractivity contribution >= 4 is 16.8 Å². The number of carbonyl (C=O) groups excluding carboxylic acids is 1. The summed E-state index contributed by atoms with van der Waals surface area (Å²) < 4.78 is 0. The number of pyridine rings is 3. The number of aromatic nitrogens is 3. The topological polar surface area (TPSA) is 67.8 Å². The molecular weight excluding hydrogens is 336 g/mol. The van der Waals surface area contributed by atoms with Gasteiger partial charge in [-0.15, -0.1) is 0 Å². The molecule has 0 bridgehead atoms. The second-order valence-electron chi connectivity index (χ2n) is 6.33. The van der Waals surface area contributed by atoms with Crippen LogP contribution in [-0.4, -0.2) is 20.9 Å². The molecule has 0 radical (unpaired) electrons. The van der Waals surface area contributed by atoms with E-state index < -0.39 is 0 Å². The second-order valence-corrected chi connectivity index (χ2v) is 6.33. The molecule has 0 saturated carbocycles. The standard InChI is InChI=1S/C22H18N4O/c1-15-6-9-24-20-5-4-17(12-19(15)20)22(27)26-13-16-7-10-25-21(11-16)18-3-2-8-23-14-18/h2-12,14H,13H2,1H3,(H,26,27). The number of rotatable bonds is 4. The van der Waals surface area contributed by atoms with E-state index >= 15 is 0 Å². The van der Waals surface area contributed by atoms with Crippen LogP contribution in [0.2, 0.25) is 0 Å². The van der Waals surface area contributed by atoms with Gasteiger partial charge < -0.3 is 5.32 Å². The summed E-state index contributed by atoms with van der Waals surface area (Å²) >= 11 is 0. The Labute approximate surface area is 157 Å². The van der Waals surface area contributed by atoms with Gasteiger partial charge in [0.2, 0.25) is 0 Å². The van der Waals surface area contributed by atoms with Crippen LogP contribution in [0.5, 0.6) is 0 Å². The lowest BCUT2D eigenvalue weighted by atomic mass is 10.1. The molecule has 0 saturated heterocycles. The number of amides is 1. The van der Waals surface area contributed by atoms with E-state index in [0.29, 0.717) is 12.1 Å². The van der Waals surface area contributed by atoms with E-state index in [9.17, 15) is 4.79 Å². The SMILES string of the molecule is Cc1ccnc2ccc(C(=O)NCc3ccnc(-c4cccnc4)c3)cc12. The highest BCUT2D eigenvalue weighted by atomic mass is 16.1. The molecule has 4 rings (SSSR count). The molecule has 3 aromatic heterocycles. The molecule has 1 N–H and O–H groups in total. The monoisotopic (exact) mass is 354 g/mol. The van der Waals surface area contributed by atoms with E-state index in [1.54, 1.807) is 30.9 Å². The number of aryl methyl sites for hydroxylation is 1. The second kappa shape index (κ2) is 7.33. The number of hydrogen-bond acceptors (Lipinski definition) is 4. The molecule has 0 spiro atoms. The third-order valence-corrected chi connectivity index (χ3v) is 4.46. The van der Waals surface area contributed by atoms with Gasteiger partial charge in [0.25, 0.3) is 5.91 Å². The predicted molar refractivity (Wildman–Crippen MR) is 105 cm³/mol. The Morgan fingerprint density at radius 3 is 2.74 bits per heavy atom. The van der Waals surface area contributed by atoms with Crippen molar-refractivity contribution in [3.63, 3.8) is 0 Å². The van der Waals surface area contributed by atoms with Crippen LogP contribution in [0.25, 0.3) is 22.2 Å². The van der Waals surface area contributed by atoms with Gasteiger partial charge in [-0.05, 0) is 66.6 Å². The third-order valence-electron chi connectivity index (χ3n) is 4.46. The van der Waals surface area contributed by atoms with Gasteiger partial charge in [0.1, 0.15) is 0 Å². The van der Waals surface area contributed by atoms with Gasteiger partial charge in [0, 0.05) is 47.8 Å². The average Bonchev–Trinajstić information content (AvgIpc) is 2.73. The Morgan fingerprint density at radius 1 is 1.00 bits per heavy atom. The van der Waals surface area contributed by atoms with Crippen LogP contribution in [0.1, 0.15) is 21.5 Å². The Morgan fingerprint density at radius 2 is 1.89 bits per heavy atom. The number of carbonyl (C=O) groups is 1. The minimum atomic E-state index is -0.111. The summed E-state index contributed by atoms with van der Waals surface area (Å²) in [6.07, 6.45) is 7.03. The molecule has 0 atom stereocenters. The molecule has 4 aromatic rings. The molecule has 0 fully saturated rings. The molecule has 0 aliphatic heterocycles. The lowest BCUT2D eigenvalue weighted by Gasteiger charge is -2.08. The number of hydrogen-bond donors (Lipinski definition) is 1. The van der Waals surface area contributed by atoms with Crippen LogP contribution in [0.3, 0.4) is 0 Å². The van der Waals surface area contributed by atoms with Crippen molar-refractivity contribution in [1.29, 1.82) is 0 Å². The van der Waals surface area contributed by atoms with Crippen molar-refractivity contribution < 1.29 is 4.79 Å². The zero-order valence-corrected chi connectivity index (χ0v) is 14.9. The van der Waals surface area contributed by atoms with Crippen LogP contribution < -0.4 is 5.32 Å². The number of fused-ring (bicyclic) bond motifs is 1. The highest BCUT2D eigenvalue weighted by Crippen LogP contribution is 2.18. The van der Waals surface area contributed by atoms with E-state index in [4.69, 9.17) is 0 Å². The fraction of sp³-hybridized carbons (Fsp3) is 0.0909. The first-order valence-corrected chi connectivity index (χ1v) is 8.69. The molecular formula is C22H18N4O.